The Morgan fingerprint density at radius 1 is 0.512 bits per heavy atom. The van der Waals surface area contributed by atoms with Gasteiger partial charge in [-0.3, -0.25) is 12.9 Å². The van der Waals surface area contributed by atoms with Gasteiger partial charge in [-0.1, -0.05) is 86.6 Å². The van der Waals surface area contributed by atoms with Gasteiger partial charge < -0.3 is 18.5 Å². The second kappa shape index (κ2) is 22.1. The van der Waals surface area contributed by atoms with Crippen molar-refractivity contribution in [3.8, 4) is 45.1 Å². The third-order valence-electron chi connectivity index (χ3n) is 15.3. The number of hydrogen-bond acceptors (Lipinski definition) is 8. The summed E-state index contributed by atoms with van der Waals surface area (Å²) in [6.45, 7) is 14.2. The number of nitrogens with one attached hydrogen (secondary N) is 1. The third-order valence-corrected chi connectivity index (χ3v) is 20.9. The molecule has 0 aliphatic carbocycles. The second-order valence-electron chi connectivity index (χ2n) is 21.1. The Morgan fingerprint density at radius 3 is 1.51 bits per heavy atom. The van der Waals surface area contributed by atoms with E-state index in [9.17, 15) is 25.3 Å². The van der Waals surface area contributed by atoms with Crippen LogP contribution in [0.3, 0.4) is 0 Å². The number of aromatic nitrogens is 4. The zero-order chi connectivity index (χ0) is 55.9. The highest BCUT2D eigenvalue weighted by atomic mass is 32.2. The van der Waals surface area contributed by atoms with Crippen molar-refractivity contribution in [3.05, 3.63) is 169 Å². The molecule has 0 bridgehead atoms. The lowest BCUT2D eigenvalue weighted by Crippen LogP contribution is -2.24. The molecule has 80 heavy (non-hydrogen) atoms. The number of aromatic amines is 1. The molecule has 0 spiro atoms. The summed E-state index contributed by atoms with van der Waals surface area (Å²) in [4.78, 5) is 7.57. The lowest BCUT2D eigenvalue weighted by molar-refractivity contribution is 0.572. The van der Waals surface area contributed by atoms with Gasteiger partial charge in [0.05, 0.1) is 51.8 Å². The molecule has 0 radical (unpaired) electrons. The molecule has 0 atom stereocenters. The number of nitrogens with zero attached hydrogens (tertiary/aromatic N) is 6. The summed E-state index contributed by atoms with van der Waals surface area (Å²) < 4.78 is 87.8. The van der Waals surface area contributed by atoms with Gasteiger partial charge in [0.25, 0.3) is 0 Å². The average Bonchev–Trinajstić information content (AvgIpc) is 4.44. The van der Waals surface area contributed by atoms with E-state index in [1.807, 2.05) is 72.8 Å². The molecular formula is C63H67N7O7S3. The number of benzene rings is 6. The Morgan fingerprint density at radius 2 is 1.00 bits per heavy atom. The first kappa shape index (κ1) is 54.4. The highest BCUT2D eigenvalue weighted by molar-refractivity contribution is 7.93. The van der Waals surface area contributed by atoms with Crippen LogP contribution in [-0.4, -0.2) is 81.2 Å². The number of oxazole rings is 1. The fourth-order valence-corrected chi connectivity index (χ4v) is 16.1. The van der Waals surface area contributed by atoms with E-state index in [4.69, 9.17) is 4.42 Å². The highest BCUT2D eigenvalue weighted by Crippen LogP contribution is 2.42. The number of rotatable bonds is 11. The molecule has 0 unspecified atom stereocenters. The van der Waals surface area contributed by atoms with Gasteiger partial charge in [-0.25, -0.2) is 30.2 Å². The highest BCUT2D eigenvalue weighted by Gasteiger charge is 2.31. The quantitative estimate of drug-likeness (QED) is 0.134. The number of aryl methyl sites for hydroxylation is 5. The Labute approximate surface area is 469 Å². The molecule has 414 valence electrons. The van der Waals surface area contributed by atoms with Crippen molar-refractivity contribution in [2.45, 2.75) is 79.8 Å². The van der Waals surface area contributed by atoms with Crippen LogP contribution in [0.15, 0.2) is 157 Å². The summed E-state index contributed by atoms with van der Waals surface area (Å²) in [5, 5.41) is 3.54. The van der Waals surface area contributed by atoms with Crippen molar-refractivity contribution in [2.75, 3.05) is 49.8 Å². The SMILES string of the molecule is CCCn1c(-c2ccc(N3CCCS3(=O)=O)cc2)c(-c2cnco2)c2ccc(C)cc21.CCCn1c(-c2ccc(N3CCCS3(=O)=O)cc2)cc2ccc(C)cc21.Cc1ccc2cc(-c3ccc(N4CCCS4(=O)=O)cc3)[nH]c2c1. The van der Waals surface area contributed by atoms with Crippen molar-refractivity contribution in [2.24, 2.45) is 0 Å². The number of fused-ring (bicyclic) bond motifs is 3. The summed E-state index contributed by atoms with van der Waals surface area (Å²) in [5.74, 6) is 1.44. The van der Waals surface area contributed by atoms with E-state index in [0.29, 0.717) is 38.9 Å². The Balaban J connectivity index is 0.000000128. The van der Waals surface area contributed by atoms with Crippen LogP contribution in [0.2, 0.25) is 0 Å². The maximum Gasteiger partial charge on any atom is 0.235 e. The first-order valence-corrected chi connectivity index (χ1v) is 32.4. The van der Waals surface area contributed by atoms with E-state index in [1.54, 1.807) is 6.20 Å². The van der Waals surface area contributed by atoms with Crippen LogP contribution < -0.4 is 12.9 Å². The Kier molecular flexibility index (Phi) is 15.1. The minimum atomic E-state index is -3.20. The van der Waals surface area contributed by atoms with Gasteiger partial charge in [-0.2, -0.15) is 0 Å². The Bertz CT molecular complexity index is 4220. The zero-order valence-corrected chi connectivity index (χ0v) is 48.3. The largest absolute Gasteiger partial charge is 0.443 e. The van der Waals surface area contributed by atoms with E-state index < -0.39 is 30.1 Å². The van der Waals surface area contributed by atoms with Crippen molar-refractivity contribution in [1.82, 2.24) is 19.1 Å². The lowest BCUT2D eigenvalue weighted by atomic mass is 10.0. The van der Waals surface area contributed by atoms with Crippen LogP contribution in [0.5, 0.6) is 0 Å². The monoisotopic (exact) mass is 1130 g/mol. The van der Waals surface area contributed by atoms with E-state index >= 15 is 0 Å². The van der Waals surface area contributed by atoms with Crippen LogP contribution in [0, 0.1) is 20.8 Å². The van der Waals surface area contributed by atoms with Crippen LogP contribution in [0.4, 0.5) is 17.1 Å². The normalized spacial score (nSPS) is 16.3. The summed E-state index contributed by atoms with van der Waals surface area (Å²) in [6, 6.07) is 47.2. The van der Waals surface area contributed by atoms with Crippen LogP contribution in [0.25, 0.3) is 77.8 Å². The maximum absolute atomic E-state index is 12.3. The summed E-state index contributed by atoms with van der Waals surface area (Å²) in [6.07, 6.45) is 7.33. The average molecular weight is 1130 g/mol. The van der Waals surface area contributed by atoms with Gasteiger partial charge in [0.2, 0.25) is 30.1 Å². The minimum Gasteiger partial charge on any atom is -0.443 e. The maximum atomic E-state index is 12.3. The molecule has 13 rings (SSSR count). The molecule has 7 heterocycles. The lowest BCUT2D eigenvalue weighted by Gasteiger charge is -2.18. The van der Waals surface area contributed by atoms with E-state index in [1.165, 1.54) is 58.0 Å². The van der Waals surface area contributed by atoms with Gasteiger partial charge in [0.15, 0.2) is 12.2 Å². The number of H-pyrrole nitrogens is 1. The summed E-state index contributed by atoms with van der Waals surface area (Å²) in [5.41, 5.74) is 17.0. The molecule has 14 nitrogen and oxygen atoms in total. The number of anilines is 3. The van der Waals surface area contributed by atoms with Crippen molar-refractivity contribution in [1.29, 1.82) is 0 Å². The fraction of sp³-hybridized carbons (Fsp3) is 0.286. The van der Waals surface area contributed by atoms with Crippen molar-refractivity contribution >= 4 is 79.8 Å². The standard InChI is InChI=1S/C24H25N3O3S.C21H24N2O2S.C18H18N2O2S/c1-3-11-26-21-14-17(2)5-10-20(21)23(22-15-25-16-30-22)24(26)18-6-8-19(9-7-18)27-12-4-13-31(27,28)29;1-3-11-22-20-14-16(2)5-6-18(20)15-21(22)17-7-9-19(10-8-17)23-12-4-13-26(23,24)25;1-13-3-4-15-12-18(19-17(15)11-13)14-5-7-16(8-6-14)20-9-2-10-23(20,21)22/h5-10,14-16H,3-4,11-13H2,1-2H3;5-10,14-15H,3-4,11-13H2,1-2H3;3-8,11-12,19H,2,9-10H2,1H3. The van der Waals surface area contributed by atoms with Crippen LogP contribution in [0.1, 0.15) is 62.6 Å². The van der Waals surface area contributed by atoms with Crippen molar-refractivity contribution in [3.63, 3.8) is 0 Å². The van der Waals surface area contributed by atoms with Crippen LogP contribution in [-0.2, 0) is 43.2 Å². The zero-order valence-electron chi connectivity index (χ0n) is 45.9. The van der Waals surface area contributed by atoms with Crippen molar-refractivity contribution < 1.29 is 29.7 Å². The molecule has 3 aliphatic rings. The predicted molar refractivity (Wildman–Crippen MR) is 326 cm³/mol. The molecule has 3 fully saturated rings. The second-order valence-corrected chi connectivity index (χ2v) is 27.2. The van der Waals surface area contributed by atoms with Gasteiger partial charge >= 0.3 is 0 Å². The molecule has 4 aromatic heterocycles. The predicted octanol–water partition coefficient (Wildman–Crippen LogP) is 13.5. The molecule has 10 aromatic rings. The smallest absolute Gasteiger partial charge is 0.235 e. The molecule has 0 saturated carbocycles. The molecule has 3 saturated heterocycles. The summed E-state index contributed by atoms with van der Waals surface area (Å²) >= 11 is 0. The fourth-order valence-electron chi connectivity index (χ4n) is 11.4. The van der Waals surface area contributed by atoms with Gasteiger partial charge in [0, 0.05) is 76.8 Å². The first-order chi connectivity index (χ1) is 38.5. The molecule has 17 heteroatoms. The third kappa shape index (κ3) is 10.8. The Hall–Kier alpha value is -7.60. The number of sulfonamides is 3. The first-order valence-electron chi connectivity index (χ1n) is 27.6. The van der Waals surface area contributed by atoms with E-state index in [-0.39, 0.29) is 17.3 Å². The summed E-state index contributed by atoms with van der Waals surface area (Å²) in [7, 11) is -9.45. The van der Waals surface area contributed by atoms with Gasteiger partial charge in [-0.15, -0.1) is 0 Å². The molecule has 1 N–H and O–H groups in total. The topological polar surface area (TPSA) is 164 Å². The molecule has 6 aromatic carbocycles. The minimum absolute atomic E-state index is 0.217. The number of hydrogen-bond donors (Lipinski definition) is 1. The van der Waals surface area contributed by atoms with E-state index in [2.05, 4.69) is 120 Å². The molecule has 0 amide bonds. The van der Waals surface area contributed by atoms with Gasteiger partial charge in [-0.05, 0) is 153 Å². The molecule has 3 aliphatic heterocycles. The van der Waals surface area contributed by atoms with Gasteiger partial charge in [0.1, 0.15) is 0 Å². The molecular weight excluding hydrogens is 1060 g/mol. The van der Waals surface area contributed by atoms with Crippen LogP contribution >= 0.6 is 0 Å². The van der Waals surface area contributed by atoms with E-state index in [0.717, 1.165) is 98.8 Å².